The normalized spacial score (nSPS) is 11.6. The lowest BCUT2D eigenvalue weighted by atomic mass is 9.87. The molecule has 0 atom stereocenters. The first-order chi connectivity index (χ1) is 13.4. The molecule has 144 valence electrons. The van der Waals surface area contributed by atoms with Crippen molar-refractivity contribution in [2.45, 2.75) is 19.8 Å². The number of rotatable bonds is 5. The largest absolute Gasteiger partial charge is 0.508 e. The number of oxime groups is 1. The summed E-state index contributed by atoms with van der Waals surface area (Å²) in [6.07, 6.45) is 1.62. The van der Waals surface area contributed by atoms with E-state index in [2.05, 4.69) is 5.16 Å². The molecular formula is C22H20F2N2O2. The topological polar surface area (TPSA) is 78.8 Å². The Labute approximate surface area is 161 Å². The molecule has 0 aromatic heterocycles. The number of phenolic OH excluding ortho intramolecular Hbond substituents is 1. The van der Waals surface area contributed by atoms with E-state index in [1.807, 2.05) is 13.0 Å². The van der Waals surface area contributed by atoms with Crippen LogP contribution >= 0.6 is 0 Å². The van der Waals surface area contributed by atoms with Gasteiger partial charge in [0.25, 0.3) is 0 Å². The van der Waals surface area contributed by atoms with Crippen LogP contribution in [0.15, 0.2) is 59.8 Å². The van der Waals surface area contributed by atoms with E-state index in [9.17, 15) is 19.1 Å². The molecule has 4 nitrogen and oxygen atoms in total. The fourth-order valence-corrected chi connectivity index (χ4v) is 3.27. The molecule has 6 heteroatoms. The zero-order valence-corrected chi connectivity index (χ0v) is 15.3. The molecule has 0 amide bonds. The second-order valence-corrected chi connectivity index (χ2v) is 6.51. The van der Waals surface area contributed by atoms with Crippen LogP contribution in [0.3, 0.4) is 0 Å². The van der Waals surface area contributed by atoms with E-state index in [1.165, 1.54) is 24.3 Å². The molecule has 3 aromatic carbocycles. The van der Waals surface area contributed by atoms with Gasteiger partial charge in [0, 0.05) is 17.2 Å². The Kier molecular flexibility index (Phi) is 5.59. The van der Waals surface area contributed by atoms with Gasteiger partial charge in [-0.2, -0.15) is 0 Å². The van der Waals surface area contributed by atoms with Crippen LogP contribution in [-0.2, 0) is 6.42 Å². The molecule has 0 saturated carbocycles. The van der Waals surface area contributed by atoms with Crippen LogP contribution in [0.4, 0.5) is 8.78 Å². The number of aryl methyl sites for hydroxylation is 1. The first-order valence-electron chi connectivity index (χ1n) is 8.83. The van der Waals surface area contributed by atoms with Crippen molar-refractivity contribution in [3.05, 3.63) is 77.4 Å². The lowest BCUT2D eigenvalue weighted by molar-refractivity contribution is 0.318. The average Bonchev–Trinajstić information content (AvgIpc) is 2.66. The van der Waals surface area contributed by atoms with Gasteiger partial charge in [-0.05, 0) is 59.0 Å². The maximum atomic E-state index is 13.9. The first-order valence-corrected chi connectivity index (χ1v) is 8.83. The summed E-state index contributed by atoms with van der Waals surface area (Å²) in [5, 5.41) is 22.0. The number of aromatic hydroxyl groups is 1. The summed E-state index contributed by atoms with van der Waals surface area (Å²) in [7, 11) is 0. The van der Waals surface area contributed by atoms with Gasteiger partial charge in [0.2, 0.25) is 0 Å². The van der Waals surface area contributed by atoms with Crippen LogP contribution in [0, 0.1) is 11.6 Å². The number of hydrogen-bond acceptors (Lipinski definition) is 3. The molecule has 0 unspecified atom stereocenters. The molecule has 0 heterocycles. The van der Waals surface area contributed by atoms with Crippen LogP contribution in [-0.4, -0.2) is 16.1 Å². The molecule has 0 aliphatic rings. The number of phenols is 1. The minimum atomic E-state index is -0.727. The lowest BCUT2D eigenvalue weighted by Crippen LogP contribution is -2.15. The van der Waals surface area contributed by atoms with E-state index in [1.54, 1.807) is 18.2 Å². The van der Waals surface area contributed by atoms with E-state index in [0.29, 0.717) is 16.7 Å². The lowest BCUT2D eigenvalue weighted by Gasteiger charge is -2.18. The molecule has 3 aromatic rings. The summed E-state index contributed by atoms with van der Waals surface area (Å²) in [4.78, 5) is 0. The number of amidine groups is 1. The molecular weight excluding hydrogens is 362 g/mol. The highest BCUT2D eigenvalue weighted by Crippen LogP contribution is 2.37. The van der Waals surface area contributed by atoms with Gasteiger partial charge in [-0.3, -0.25) is 0 Å². The number of halogens is 2. The van der Waals surface area contributed by atoms with Gasteiger partial charge in [-0.15, -0.1) is 0 Å². The molecule has 0 aliphatic carbocycles. The van der Waals surface area contributed by atoms with Crippen LogP contribution in [0.25, 0.3) is 22.3 Å². The Hall–Kier alpha value is -3.41. The van der Waals surface area contributed by atoms with Gasteiger partial charge in [0.1, 0.15) is 17.4 Å². The minimum absolute atomic E-state index is 0.100. The summed E-state index contributed by atoms with van der Waals surface area (Å²) < 4.78 is 27.9. The molecule has 28 heavy (non-hydrogen) atoms. The van der Waals surface area contributed by atoms with Crippen molar-refractivity contribution >= 4 is 5.84 Å². The van der Waals surface area contributed by atoms with Gasteiger partial charge in [0.15, 0.2) is 5.84 Å². The van der Waals surface area contributed by atoms with Crippen LogP contribution < -0.4 is 5.73 Å². The number of hydrogen-bond donors (Lipinski definition) is 3. The van der Waals surface area contributed by atoms with Gasteiger partial charge >= 0.3 is 0 Å². The SMILES string of the molecule is CCCc1cc(C(N)=NO)c(-c2cc(F)cc(F)c2)c(-c2ccc(O)cc2)c1. The zero-order chi connectivity index (χ0) is 20.3. The third-order valence-electron chi connectivity index (χ3n) is 4.45. The summed E-state index contributed by atoms with van der Waals surface area (Å²) in [6.45, 7) is 2.03. The molecule has 0 spiro atoms. The fraction of sp³-hybridized carbons (Fsp3) is 0.136. The highest BCUT2D eigenvalue weighted by atomic mass is 19.1. The fourth-order valence-electron chi connectivity index (χ4n) is 3.27. The molecule has 0 fully saturated rings. The highest BCUT2D eigenvalue weighted by molar-refractivity contribution is 6.07. The van der Waals surface area contributed by atoms with Crippen molar-refractivity contribution in [3.63, 3.8) is 0 Å². The average molecular weight is 382 g/mol. The number of nitrogens with zero attached hydrogens (tertiary/aromatic N) is 1. The quantitative estimate of drug-likeness (QED) is 0.250. The summed E-state index contributed by atoms with van der Waals surface area (Å²) >= 11 is 0. The highest BCUT2D eigenvalue weighted by Gasteiger charge is 2.18. The maximum absolute atomic E-state index is 13.9. The Balaban J connectivity index is 2.40. The van der Waals surface area contributed by atoms with Gasteiger partial charge in [-0.1, -0.05) is 36.7 Å². The van der Waals surface area contributed by atoms with Crippen molar-refractivity contribution in [1.29, 1.82) is 0 Å². The summed E-state index contributed by atoms with van der Waals surface area (Å²) in [5.41, 5.74) is 9.33. The number of nitrogens with two attached hydrogens (primary N) is 1. The second-order valence-electron chi connectivity index (χ2n) is 6.51. The molecule has 0 bridgehead atoms. The standard InChI is InChI=1S/C22H20F2N2O2/c1-2-3-13-8-19(14-4-6-18(27)7-5-14)21(20(9-13)22(25)26-28)15-10-16(23)12-17(24)11-15/h4-12,27-28H,2-3H2,1H3,(H2,25,26). The zero-order valence-electron chi connectivity index (χ0n) is 15.3. The predicted octanol–water partition coefficient (Wildman–Crippen LogP) is 5.05. The van der Waals surface area contributed by atoms with Crippen molar-refractivity contribution in [2.24, 2.45) is 10.9 Å². The molecule has 0 radical (unpaired) electrons. The third kappa shape index (κ3) is 3.96. The Morgan fingerprint density at radius 2 is 1.61 bits per heavy atom. The van der Waals surface area contributed by atoms with Gasteiger partial charge in [-0.25, -0.2) is 8.78 Å². The van der Waals surface area contributed by atoms with Crippen molar-refractivity contribution in [1.82, 2.24) is 0 Å². The van der Waals surface area contributed by atoms with E-state index in [4.69, 9.17) is 5.73 Å². The van der Waals surface area contributed by atoms with E-state index in [0.717, 1.165) is 30.0 Å². The van der Waals surface area contributed by atoms with Crippen molar-refractivity contribution < 1.29 is 19.1 Å². The summed E-state index contributed by atoms with van der Waals surface area (Å²) in [6, 6.07) is 13.3. The summed E-state index contributed by atoms with van der Waals surface area (Å²) in [5.74, 6) is -1.51. The van der Waals surface area contributed by atoms with Crippen molar-refractivity contribution in [3.8, 4) is 28.0 Å². The minimum Gasteiger partial charge on any atom is -0.508 e. The van der Waals surface area contributed by atoms with Gasteiger partial charge in [0.05, 0.1) is 0 Å². The van der Waals surface area contributed by atoms with E-state index < -0.39 is 11.6 Å². The Bertz CT molecular complexity index is 1010. The monoisotopic (exact) mass is 382 g/mol. The van der Waals surface area contributed by atoms with Crippen LogP contribution in [0.5, 0.6) is 5.75 Å². The molecule has 0 aliphatic heterocycles. The van der Waals surface area contributed by atoms with Crippen molar-refractivity contribution in [2.75, 3.05) is 0 Å². The smallest absolute Gasteiger partial charge is 0.170 e. The molecule has 3 rings (SSSR count). The maximum Gasteiger partial charge on any atom is 0.170 e. The van der Waals surface area contributed by atoms with E-state index >= 15 is 0 Å². The predicted molar refractivity (Wildman–Crippen MR) is 105 cm³/mol. The van der Waals surface area contributed by atoms with Crippen LogP contribution in [0.1, 0.15) is 24.5 Å². The van der Waals surface area contributed by atoms with E-state index in [-0.39, 0.29) is 17.1 Å². The van der Waals surface area contributed by atoms with Crippen LogP contribution in [0.2, 0.25) is 0 Å². The number of benzene rings is 3. The third-order valence-corrected chi connectivity index (χ3v) is 4.45. The Morgan fingerprint density at radius 3 is 2.18 bits per heavy atom. The molecule has 4 N–H and O–H groups in total. The molecule has 0 saturated heterocycles. The Morgan fingerprint density at radius 1 is 0.964 bits per heavy atom. The van der Waals surface area contributed by atoms with Gasteiger partial charge < -0.3 is 16.0 Å². The second kappa shape index (κ2) is 8.08. The first kappa shape index (κ1) is 19.4.